The van der Waals surface area contributed by atoms with Crippen LogP contribution in [0.1, 0.15) is 22.8 Å². The van der Waals surface area contributed by atoms with Gasteiger partial charge in [-0.05, 0) is 25.1 Å². The molecular weight excluding hydrogens is 454 g/mol. The van der Waals surface area contributed by atoms with Crippen LogP contribution in [0.4, 0.5) is 28.8 Å². The topological polar surface area (TPSA) is 115 Å². The van der Waals surface area contributed by atoms with E-state index in [0.717, 1.165) is 31.9 Å². The number of hydrogen-bond donors (Lipinski definition) is 3. The second kappa shape index (κ2) is 10.4. The molecule has 3 aromatic rings. The number of nitrogens with one attached hydrogen (secondary N) is 3. The Morgan fingerprint density at radius 1 is 1.21 bits per heavy atom. The second-order valence-electron chi connectivity index (χ2n) is 7.66. The van der Waals surface area contributed by atoms with Crippen molar-refractivity contribution in [1.29, 1.82) is 5.26 Å². The molecule has 0 saturated carbocycles. The molecule has 2 heterocycles. The summed E-state index contributed by atoms with van der Waals surface area (Å²) in [5.41, 5.74) is 3.01. The summed E-state index contributed by atoms with van der Waals surface area (Å²) < 4.78 is 5.59. The van der Waals surface area contributed by atoms with Crippen LogP contribution in [0.2, 0.25) is 5.02 Å². The highest BCUT2D eigenvalue weighted by Crippen LogP contribution is 2.35. The zero-order valence-electron chi connectivity index (χ0n) is 18.9. The minimum absolute atomic E-state index is 0.0787. The number of ether oxygens (including phenoxy) is 1. The van der Waals surface area contributed by atoms with Crippen molar-refractivity contribution < 1.29 is 9.53 Å². The van der Waals surface area contributed by atoms with E-state index in [4.69, 9.17) is 16.3 Å². The maximum Gasteiger partial charge on any atom is 0.229 e. The Hall–Kier alpha value is -3.87. The Kier molecular flexibility index (Phi) is 7.11. The predicted molar refractivity (Wildman–Crippen MR) is 133 cm³/mol. The standard InChI is InChI=1S/C24H24ClN7O2/c1-15(33)17-5-3-4-6-19(17)29-23-18(25)14-28-24(31-23)30-20-11-16(13-26)21(12-22(20)34-2)32-9-7-27-8-10-32/h3-6,11-12,14,27H,7-10H2,1-2H3,(H2,28,29,30,31). The third-order valence-electron chi connectivity index (χ3n) is 5.45. The van der Waals surface area contributed by atoms with Gasteiger partial charge in [-0.25, -0.2) is 4.98 Å². The molecule has 34 heavy (non-hydrogen) atoms. The first-order valence-corrected chi connectivity index (χ1v) is 11.1. The fourth-order valence-electron chi connectivity index (χ4n) is 3.75. The molecule has 0 bridgehead atoms. The molecule has 0 atom stereocenters. The molecule has 0 aliphatic carbocycles. The third kappa shape index (κ3) is 5.03. The highest BCUT2D eigenvalue weighted by Gasteiger charge is 2.19. The quantitative estimate of drug-likeness (QED) is 0.432. The minimum atomic E-state index is -0.0787. The van der Waals surface area contributed by atoms with Crippen LogP contribution in [-0.2, 0) is 0 Å². The number of para-hydroxylation sites is 1. The number of nitrogens with zero attached hydrogens (tertiary/aromatic N) is 4. The number of Topliss-reactive ketones (excluding diaryl/α,β-unsaturated/α-hetero) is 1. The molecule has 0 radical (unpaired) electrons. The molecule has 1 aromatic heterocycles. The van der Waals surface area contributed by atoms with Crippen molar-refractivity contribution in [3.05, 3.63) is 58.7 Å². The number of carbonyl (C=O) groups excluding carboxylic acids is 1. The number of piperazine rings is 1. The van der Waals surface area contributed by atoms with Crippen LogP contribution in [0.15, 0.2) is 42.6 Å². The third-order valence-corrected chi connectivity index (χ3v) is 5.72. The molecule has 9 nitrogen and oxygen atoms in total. The van der Waals surface area contributed by atoms with Crippen molar-refractivity contribution in [2.24, 2.45) is 0 Å². The van der Waals surface area contributed by atoms with E-state index in [1.807, 2.05) is 12.1 Å². The summed E-state index contributed by atoms with van der Waals surface area (Å²) in [6.45, 7) is 4.82. The average molecular weight is 478 g/mol. The molecule has 10 heteroatoms. The lowest BCUT2D eigenvalue weighted by Crippen LogP contribution is -2.43. The van der Waals surface area contributed by atoms with Gasteiger partial charge in [0.25, 0.3) is 0 Å². The fourth-order valence-corrected chi connectivity index (χ4v) is 3.89. The second-order valence-corrected chi connectivity index (χ2v) is 8.07. The summed E-state index contributed by atoms with van der Waals surface area (Å²) in [6.07, 6.45) is 1.46. The number of ketones is 1. The van der Waals surface area contributed by atoms with Gasteiger partial charge in [-0.15, -0.1) is 0 Å². The van der Waals surface area contributed by atoms with Gasteiger partial charge in [0.15, 0.2) is 11.6 Å². The van der Waals surface area contributed by atoms with Crippen LogP contribution in [0.5, 0.6) is 5.75 Å². The molecule has 1 aliphatic rings. The number of aromatic nitrogens is 2. The van der Waals surface area contributed by atoms with Crippen LogP contribution < -0.4 is 25.6 Å². The van der Waals surface area contributed by atoms with E-state index in [-0.39, 0.29) is 11.7 Å². The summed E-state index contributed by atoms with van der Waals surface area (Å²) in [7, 11) is 1.57. The largest absolute Gasteiger partial charge is 0.494 e. The molecule has 1 saturated heterocycles. The summed E-state index contributed by atoms with van der Waals surface area (Å²) in [5, 5.41) is 19.6. The Morgan fingerprint density at radius 2 is 1.97 bits per heavy atom. The molecule has 0 unspecified atom stereocenters. The zero-order chi connectivity index (χ0) is 24.1. The molecule has 0 spiro atoms. The number of methoxy groups -OCH3 is 1. The molecular formula is C24H24ClN7O2. The summed E-state index contributed by atoms with van der Waals surface area (Å²) in [5.74, 6) is 1.07. The monoisotopic (exact) mass is 477 g/mol. The summed E-state index contributed by atoms with van der Waals surface area (Å²) >= 11 is 6.32. The number of hydrogen-bond acceptors (Lipinski definition) is 9. The Bertz CT molecular complexity index is 1250. The van der Waals surface area contributed by atoms with Crippen LogP contribution >= 0.6 is 11.6 Å². The smallest absolute Gasteiger partial charge is 0.229 e. The molecule has 4 rings (SSSR count). The first-order valence-electron chi connectivity index (χ1n) is 10.7. The van der Waals surface area contributed by atoms with E-state index in [2.05, 4.69) is 36.9 Å². The Balaban J connectivity index is 1.64. The lowest BCUT2D eigenvalue weighted by Gasteiger charge is -2.30. The van der Waals surface area contributed by atoms with Crippen molar-refractivity contribution in [1.82, 2.24) is 15.3 Å². The molecule has 174 valence electrons. The van der Waals surface area contributed by atoms with Gasteiger partial charge >= 0.3 is 0 Å². The van der Waals surface area contributed by atoms with Crippen LogP contribution in [0, 0.1) is 11.3 Å². The maximum absolute atomic E-state index is 12.0. The summed E-state index contributed by atoms with van der Waals surface area (Å²) in [4.78, 5) is 22.8. The zero-order valence-corrected chi connectivity index (χ0v) is 19.6. The van der Waals surface area contributed by atoms with E-state index in [1.54, 1.807) is 31.4 Å². The lowest BCUT2D eigenvalue weighted by molar-refractivity contribution is 0.101. The molecule has 1 fully saturated rings. The van der Waals surface area contributed by atoms with Gasteiger partial charge in [0, 0.05) is 37.8 Å². The molecule has 2 aromatic carbocycles. The van der Waals surface area contributed by atoms with Gasteiger partial charge in [-0.1, -0.05) is 23.7 Å². The number of halogens is 1. The van der Waals surface area contributed by atoms with Crippen molar-refractivity contribution in [2.45, 2.75) is 6.92 Å². The molecule has 3 N–H and O–H groups in total. The van der Waals surface area contributed by atoms with Gasteiger partial charge in [0.1, 0.15) is 16.8 Å². The van der Waals surface area contributed by atoms with Gasteiger partial charge in [-0.3, -0.25) is 4.79 Å². The van der Waals surface area contributed by atoms with Gasteiger partial charge in [-0.2, -0.15) is 10.2 Å². The SMILES string of the molecule is COc1cc(N2CCNCC2)c(C#N)cc1Nc1ncc(Cl)c(Nc2ccccc2C(C)=O)n1. The van der Waals surface area contributed by atoms with E-state index in [1.165, 1.54) is 13.1 Å². The maximum atomic E-state index is 12.0. The van der Waals surface area contributed by atoms with Gasteiger partial charge < -0.3 is 25.6 Å². The van der Waals surface area contributed by atoms with Gasteiger partial charge in [0.05, 0.1) is 35.9 Å². The summed E-state index contributed by atoms with van der Waals surface area (Å²) in [6, 6.07) is 13.0. The van der Waals surface area contributed by atoms with Crippen molar-refractivity contribution in [2.75, 3.05) is 48.8 Å². The van der Waals surface area contributed by atoms with Crippen molar-refractivity contribution >= 4 is 46.2 Å². The molecule has 0 amide bonds. The first-order chi connectivity index (χ1) is 16.5. The van der Waals surface area contributed by atoms with E-state index in [0.29, 0.717) is 39.1 Å². The van der Waals surface area contributed by atoms with Crippen LogP contribution in [0.3, 0.4) is 0 Å². The number of anilines is 5. The van der Waals surface area contributed by atoms with E-state index >= 15 is 0 Å². The van der Waals surface area contributed by atoms with Crippen LogP contribution in [0.25, 0.3) is 0 Å². The molecule has 1 aliphatic heterocycles. The van der Waals surface area contributed by atoms with Crippen molar-refractivity contribution in [3.8, 4) is 11.8 Å². The Morgan fingerprint density at radius 3 is 2.68 bits per heavy atom. The fraction of sp³-hybridized carbons (Fsp3) is 0.250. The van der Waals surface area contributed by atoms with E-state index < -0.39 is 0 Å². The first kappa shape index (κ1) is 23.3. The number of carbonyl (C=O) groups is 1. The Labute approximate surface area is 202 Å². The average Bonchev–Trinajstić information content (AvgIpc) is 2.86. The normalized spacial score (nSPS) is 13.2. The van der Waals surface area contributed by atoms with Crippen molar-refractivity contribution in [3.63, 3.8) is 0 Å². The van der Waals surface area contributed by atoms with Crippen LogP contribution in [-0.4, -0.2) is 49.0 Å². The minimum Gasteiger partial charge on any atom is -0.494 e. The predicted octanol–water partition coefficient (Wildman–Crippen LogP) is 4.11. The number of nitriles is 1. The van der Waals surface area contributed by atoms with E-state index in [9.17, 15) is 10.1 Å². The highest BCUT2D eigenvalue weighted by molar-refractivity contribution is 6.33. The number of rotatable bonds is 7. The lowest BCUT2D eigenvalue weighted by atomic mass is 10.1. The van der Waals surface area contributed by atoms with Gasteiger partial charge in [0.2, 0.25) is 5.95 Å². The highest BCUT2D eigenvalue weighted by atomic mass is 35.5. The number of benzene rings is 2.